The second-order valence-electron chi connectivity index (χ2n) is 5.23. The van der Waals surface area contributed by atoms with Gasteiger partial charge in [0.25, 0.3) is 0 Å². The lowest BCUT2D eigenvalue weighted by Gasteiger charge is -2.38. The highest BCUT2D eigenvalue weighted by molar-refractivity contribution is 6.64. The Hall–Kier alpha value is -0.313. The summed E-state index contributed by atoms with van der Waals surface area (Å²) in [6, 6.07) is 0. The number of hydrogen-bond donors (Lipinski definition) is 1. The average molecular weight is 228 g/mol. The Kier molecular flexibility index (Phi) is 4.38. The van der Waals surface area contributed by atoms with Crippen LogP contribution in [-0.2, 0) is 4.79 Å². The Balaban J connectivity index is 2.94. The van der Waals surface area contributed by atoms with Crippen molar-refractivity contribution in [1.29, 1.82) is 0 Å². The molecule has 0 radical (unpaired) electrons. The molecule has 0 heterocycles. The Labute approximate surface area is 94.7 Å². The molecular weight excluding hydrogens is 204 g/mol. The predicted octanol–water partition coefficient (Wildman–Crippen LogP) is 3.29. The van der Waals surface area contributed by atoms with E-state index in [1.807, 2.05) is 0 Å². The zero-order chi connectivity index (χ0) is 11.5. The van der Waals surface area contributed by atoms with Gasteiger partial charge in [-0.2, -0.15) is 0 Å². The maximum Gasteiger partial charge on any atom is 0.306 e. The van der Waals surface area contributed by atoms with E-state index in [9.17, 15) is 9.90 Å². The molecule has 1 aliphatic rings. The van der Waals surface area contributed by atoms with Gasteiger partial charge in [-0.05, 0) is 25.2 Å². The summed E-state index contributed by atoms with van der Waals surface area (Å²) in [6.45, 7) is 6.54. The molecule has 0 aromatic carbocycles. The Morgan fingerprint density at radius 1 is 1.40 bits per heavy atom. The van der Waals surface area contributed by atoms with E-state index in [-0.39, 0.29) is 5.04 Å². The van der Waals surface area contributed by atoms with Gasteiger partial charge in [-0.15, -0.1) is 0 Å². The van der Waals surface area contributed by atoms with Gasteiger partial charge >= 0.3 is 5.97 Å². The van der Waals surface area contributed by atoms with Gasteiger partial charge in [0, 0.05) is 0 Å². The number of carboxylic acids is 1. The van der Waals surface area contributed by atoms with Crippen LogP contribution >= 0.6 is 0 Å². The van der Waals surface area contributed by atoms with Crippen molar-refractivity contribution in [3.8, 4) is 0 Å². The summed E-state index contributed by atoms with van der Waals surface area (Å²) in [7, 11) is -1.15. The minimum absolute atomic E-state index is 0.314. The van der Waals surface area contributed by atoms with Crippen molar-refractivity contribution < 1.29 is 9.90 Å². The lowest BCUT2D eigenvalue weighted by molar-refractivity contribution is -0.143. The van der Waals surface area contributed by atoms with Crippen molar-refractivity contribution in [2.45, 2.75) is 63.6 Å². The standard InChI is InChI=1S/C12H24O2Si/c1-4-9-12(11(13)14,15(2)3)10-7-5-6-8-10/h10,15H,4-9H2,1-3H3,(H,13,14). The predicted molar refractivity (Wildman–Crippen MR) is 66.1 cm³/mol. The highest BCUT2D eigenvalue weighted by atomic mass is 28.3. The summed E-state index contributed by atoms with van der Waals surface area (Å²) < 4.78 is 0. The number of rotatable bonds is 5. The summed E-state index contributed by atoms with van der Waals surface area (Å²) in [4.78, 5) is 11.7. The van der Waals surface area contributed by atoms with E-state index in [1.165, 1.54) is 12.8 Å². The third-order valence-electron chi connectivity index (χ3n) is 4.18. The van der Waals surface area contributed by atoms with Crippen LogP contribution in [0.1, 0.15) is 45.4 Å². The van der Waals surface area contributed by atoms with E-state index in [2.05, 4.69) is 20.0 Å². The van der Waals surface area contributed by atoms with Crippen LogP contribution in [0, 0.1) is 5.92 Å². The molecule has 0 amide bonds. The van der Waals surface area contributed by atoms with Crippen molar-refractivity contribution in [3.63, 3.8) is 0 Å². The summed E-state index contributed by atoms with van der Waals surface area (Å²) in [5.74, 6) is -0.0282. The van der Waals surface area contributed by atoms with Crippen molar-refractivity contribution >= 4 is 14.8 Å². The SMILES string of the molecule is CCCC(C(=O)O)(C1CCCC1)[SiH](C)C. The zero-order valence-corrected chi connectivity index (χ0v) is 11.4. The lowest BCUT2D eigenvalue weighted by atomic mass is 9.86. The molecular formula is C12H24O2Si. The van der Waals surface area contributed by atoms with Gasteiger partial charge in [0.05, 0.1) is 13.8 Å². The fraction of sp³-hybridized carbons (Fsp3) is 0.917. The molecule has 1 unspecified atom stereocenters. The monoisotopic (exact) mass is 228 g/mol. The van der Waals surface area contributed by atoms with E-state index in [0.717, 1.165) is 25.7 Å². The maximum absolute atomic E-state index is 11.7. The smallest absolute Gasteiger partial charge is 0.306 e. The van der Waals surface area contributed by atoms with E-state index < -0.39 is 14.8 Å². The van der Waals surface area contributed by atoms with Gasteiger partial charge in [-0.1, -0.05) is 39.3 Å². The van der Waals surface area contributed by atoms with E-state index in [1.54, 1.807) is 0 Å². The molecule has 0 bridgehead atoms. The van der Waals surface area contributed by atoms with Gasteiger partial charge < -0.3 is 5.11 Å². The maximum atomic E-state index is 11.7. The fourth-order valence-corrected chi connectivity index (χ4v) is 5.98. The second-order valence-corrected chi connectivity index (χ2v) is 8.57. The largest absolute Gasteiger partial charge is 0.481 e. The van der Waals surface area contributed by atoms with E-state index in [4.69, 9.17) is 0 Å². The first kappa shape index (κ1) is 12.8. The minimum Gasteiger partial charge on any atom is -0.481 e. The molecule has 0 saturated heterocycles. The van der Waals surface area contributed by atoms with Gasteiger partial charge in [-0.25, -0.2) is 0 Å². The first-order valence-corrected chi connectivity index (χ1v) is 9.17. The highest BCUT2D eigenvalue weighted by Crippen LogP contribution is 2.51. The molecule has 1 fully saturated rings. The summed E-state index contributed by atoms with van der Waals surface area (Å²) in [6.07, 6.45) is 6.69. The average Bonchev–Trinajstić information content (AvgIpc) is 2.65. The minimum atomic E-state index is -1.15. The third-order valence-corrected chi connectivity index (χ3v) is 7.24. The Morgan fingerprint density at radius 2 is 1.93 bits per heavy atom. The topological polar surface area (TPSA) is 37.3 Å². The number of carboxylic acid groups (broad SMARTS) is 1. The van der Waals surface area contributed by atoms with E-state index >= 15 is 0 Å². The molecule has 1 saturated carbocycles. The lowest BCUT2D eigenvalue weighted by Crippen LogP contribution is -2.41. The number of aliphatic carboxylic acids is 1. The number of carbonyl (C=O) groups is 1. The van der Waals surface area contributed by atoms with Crippen LogP contribution < -0.4 is 0 Å². The molecule has 0 aromatic rings. The molecule has 1 atom stereocenters. The van der Waals surface area contributed by atoms with Crippen LogP contribution in [0.25, 0.3) is 0 Å². The van der Waals surface area contributed by atoms with Crippen LogP contribution in [0.3, 0.4) is 0 Å². The zero-order valence-electron chi connectivity index (χ0n) is 10.3. The molecule has 0 aliphatic heterocycles. The quantitative estimate of drug-likeness (QED) is 0.733. The van der Waals surface area contributed by atoms with Crippen LogP contribution in [-0.4, -0.2) is 19.9 Å². The van der Waals surface area contributed by atoms with Gasteiger partial charge in [0.1, 0.15) is 0 Å². The second kappa shape index (κ2) is 5.15. The Morgan fingerprint density at radius 3 is 2.27 bits per heavy atom. The van der Waals surface area contributed by atoms with Gasteiger partial charge in [-0.3, -0.25) is 4.79 Å². The molecule has 15 heavy (non-hydrogen) atoms. The summed E-state index contributed by atoms with van der Waals surface area (Å²) in [5, 5.41) is 9.31. The first-order chi connectivity index (χ1) is 7.05. The molecule has 3 heteroatoms. The van der Waals surface area contributed by atoms with E-state index in [0.29, 0.717) is 5.92 Å². The first-order valence-electron chi connectivity index (χ1n) is 6.29. The summed E-state index contributed by atoms with van der Waals surface area (Å²) >= 11 is 0. The van der Waals surface area contributed by atoms with Crippen molar-refractivity contribution in [1.82, 2.24) is 0 Å². The fourth-order valence-electron chi connectivity index (χ4n) is 3.35. The normalized spacial score (nSPS) is 21.9. The molecule has 2 nitrogen and oxygen atoms in total. The molecule has 1 rings (SSSR count). The van der Waals surface area contributed by atoms with Gasteiger partial charge in [0.15, 0.2) is 0 Å². The van der Waals surface area contributed by atoms with Crippen LogP contribution in [0.4, 0.5) is 0 Å². The van der Waals surface area contributed by atoms with Crippen LogP contribution in [0.15, 0.2) is 0 Å². The van der Waals surface area contributed by atoms with Crippen LogP contribution in [0.5, 0.6) is 0 Å². The molecule has 0 aromatic heterocycles. The number of hydrogen-bond acceptors (Lipinski definition) is 1. The molecule has 0 spiro atoms. The van der Waals surface area contributed by atoms with Gasteiger partial charge in [0.2, 0.25) is 0 Å². The van der Waals surface area contributed by atoms with Crippen molar-refractivity contribution in [2.24, 2.45) is 5.92 Å². The molecule has 1 N–H and O–H groups in total. The van der Waals surface area contributed by atoms with Crippen molar-refractivity contribution in [3.05, 3.63) is 0 Å². The van der Waals surface area contributed by atoms with Crippen LogP contribution in [0.2, 0.25) is 18.1 Å². The summed E-state index contributed by atoms with van der Waals surface area (Å²) in [5.41, 5.74) is 0. The highest BCUT2D eigenvalue weighted by Gasteiger charge is 2.48. The Bertz CT molecular complexity index is 222. The third kappa shape index (κ3) is 2.27. The molecule has 88 valence electrons. The molecule has 1 aliphatic carbocycles. The van der Waals surface area contributed by atoms with Crippen molar-refractivity contribution in [2.75, 3.05) is 0 Å².